The Bertz CT molecular complexity index is 1130. The molecule has 188 valence electrons. The van der Waals surface area contributed by atoms with Crippen LogP contribution in [-0.2, 0) is 16.1 Å². The standard InChI is InChI=1S/C25H28F3N3O4/c26-25(27,28)8-9-30-21-18(19(15-32)22(30)24(34)29-10-12-35-13-11-29)14-31-20(21)7-6-17(23(31)33)16-4-2-1-3-5-16/h1-7,18-19,21-22,32H,8-15H2/t18-,19-,21+,22-/m1/s1. The first kappa shape index (κ1) is 24.0. The molecule has 0 unspecified atom stereocenters. The average molecular weight is 492 g/mol. The van der Waals surface area contributed by atoms with Crippen molar-refractivity contribution in [1.29, 1.82) is 0 Å². The zero-order chi connectivity index (χ0) is 24.7. The minimum Gasteiger partial charge on any atom is -0.396 e. The van der Waals surface area contributed by atoms with E-state index in [0.717, 1.165) is 5.56 Å². The van der Waals surface area contributed by atoms with Crippen molar-refractivity contribution >= 4 is 5.91 Å². The van der Waals surface area contributed by atoms with Crippen LogP contribution in [0.1, 0.15) is 18.2 Å². The van der Waals surface area contributed by atoms with Gasteiger partial charge in [0.1, 0.15) is 0 Å². The summed E-state index contributed by atoms with van der Waals surface area (Å²) in [6.45, 7) is 1.00. The van der Waals surface area contributed by atoms with Gasteiger partial charge in [-0.2, -0.15) is 13.2 Å². The number of amides is 1. The monoisotopic (exact) mass is 491 g/mol. The number of morpholine rings is 1. The number of fused-ring (bicyclic) bond motifs is 3. The number of carbonyl (C=O) groups excluding carboxylic acids is 1. The number of hydrogen-bond acceptors (Lipinski definition) is 5. The SMILES string of the molecule is O=C([C@H]1[C@H](CO)[C@H]2Cn3c(ccc(-c4ccccc4)c3=O)[C@H]2N1CCC(F)(F)F)N1CCOCC1. The molecule has 2 aromatic rings. The van der Waals surface area contributed by atoms with Crippen molar-refractivity contribution in [2.45, 2.75) is 31.2 Å². The Morgan fingerprint density at radius 2 is 1.80 bits per heavy atom. The highest BCUT2D eigenvalue weighted by Gasteiger charge is 2.56. The Morgan fingerprint density at radius 1 is 1.09 bits per heavy atom. The number of ether oxygens (including phenoxy) is 1. The largest absolute Gasteiger partial charge is 0.396 e. The first-order valence-electron chi connectivity index (χ1n) is 11.9. The van der Waals surface area contributed by atoms with Crippen molar-refractivity contribution in [3.05, 3.63) is 58.5 Å². The maximum atomic E-state index is 13.5. The predicted molar refractivity (Wildman–Crippen MR) is 122 cm³/mol. The van der Waals surface area contributed by atoms with Crippen LogP contribution in [0.5, 0.6) is 0 Å². The van der Waals surface area contributed by atoms with Crippen LogP contribution in [0.15, 0.2) is 47.3 Å². The topological polar surface area (TPSA) is 75.0 Å². The van der Waals surface area contributed by atoms with Crippen molar-refractivity contribution in [1.82, 2.24) is 14.4 Å². The lowest BCUT2D eigenvalue weighted by Crippen LogP contribution is -2.53. The van der Waals surface area contributed by atoms with E-state index in [-0.39, 0.29) is 37.1 Å². The number of aliphatic hydroxyl groups excluding tert-OH is 1. The minimum atomic E-state index is -4.39. The summed E-state index contributed by atoms with van der Waals surface area (Å²) >= 11 is 0. The zero-order valence-corrected chi connectivity index (χ0v) is 19.2. The van der Waals surface area contributed by atoms with E-state index >= 15 is 0 Å². The first-order chi connectivity index (χ1) is 16.8. The van der Waals surface area contributed by atoms with Gasteiger partial charge in [-0.05, 0) is 17.7 Å². The molecule has 3 aliphatic rings. The second kappa shape index (κ2) is 9.40. The second-order valence-corrected chi connectivity index (χ2v) is 9.39. The number of aliphatic hydroxyl groups is 1. The molecule has 0 radical (unpaired) electrons. The van der Waals surface area contributed by atoms with Gasteiger partial charge in [0.15, 0.2) is 0 Å². The molecule has 2 saturated heterocycles. The van der Waals surface area contributed by atoms with Gasteiger partial charge in [-0.25, -0.2) is 0 Å². The van der Waals surface area contributed by atoms with Gasteiger partial charge in [-0.3, -0.25) is 14.5 Å². The van der Waals surface area contributed by atoms with Crippen molar-refractivity contribution in [2.24, 2.45) is 11.8 Å². The maximum Gasteiger partial charge on any atom is 0.390 e. The van der Waals surface area contributed by atoms with Gasteiger partial charge in [-0.1, -0.05) is 30.3 Å². The Labute approximate surface area is 200 Å². The summed E-state index contributed by atoms with van der Waals surface area (Å²) in [7, 11) is 0. The lowest BCUT2D eigenvalue weighted by molar-refractivity contribution is -0.149. The number of aromatic nitrogens is 1. The third-order valence-corrected chi connectivity index (χ3v) is 7.50. The summed E-state index contributed by atoms with van der Waals surface area (Å²) in [5, 5.41) is 10.3. The molecule has 7 nitrogen and oxygen atoms in total. The van der Waals surface area contributed by atoms with E-state index in [2.05, 4.69) is 0 Å². The Balaban J connectivity index is 1.54. The molecule has 0 spiro atoms. The number of alkyl halides is 3. The number of pyridine rings is 1. The van der Waals surface area contributed by atoms with Crippen LogP contribution in [0.3, 0.4) is 0 Å². The molecule has 5 rings (SSSR count). The molecule has 0 bridgehead atoms. The molecule has 35 heavy (non-hydrogen) atoms. The molecule has 1 amide bonds. The first-order valence-corrected chi connectivity index (χ1v) is 11.9. The summed E-state index contributed by atoms with van der Waals surface area (Å²) in [5.74, 6) is -1.20. The third kappa shape index (κ3) is 4.39. The Kier molecular flexibility index (Phi) is 6.45. The summed E-state index contributed by atoms with van der Waals surface area (Å²) in [5.41, 5.74) is 1.65. The average Bonchev–Trinajstić information content (AvgIpc) is 3.38. The minimum absolute atomic E-state index is 0.216. The highest BCUT2D eigenvalue weighted by atomic mass is 19.4. The second-order valence-electron chi connectivity index (χ2n) is 9.39. The van der Waals surface area contributed by atoms with Gasteiger partial charge in [0.2, 0.25) is 5.91 Å². The highest BCUT2D eigenvalue weighted by Crippen LogP contribution is 2.50. The summed E-state index contributed by atoms with van der Waals surface area (Å²) in [4.78, 5) is 30.1. The molecule has 4 atom stereocenters. The van der Waals surface area contributed by atoms with Gasteiger partial charge < -0.3 is 19.3 Å². The lowest BCUT2D eigenvalue weighted by Gasteiger charge is -2.36. The maximum absolute atomic E-state index is 13.5. The molecule has 1 aromatic carbocycles. The fraction of sp³-hybridized carbons (Fsp3) is 0.520. The van der Waals surface area contributed by atoms with Gasteiger partial charge in [0.05, 0.1) is 31.7 Å². The third-order valence-electron chi connectivity index (χ3n) is 7.50. The van der Waals surface area contributed by atoms with Crippen LogP contribution in [0, 0.1) is 11.8 Å². The van der Waals surface area contributed by atoms with Crippen LogP contribution in [0.25, 0.3) is 11.1 Å². The quantitative estimate of drug-likeness (QED) is 0.695. The molecule has 4 heterocycles. The number of halogens is 3. The van der Waals surface area contributed by atoms with Gasteiger partial charge in [-0.15, -0.1) is 0 Å². The van der Waals surface area contributed by atoms with Gasteiger partial charge in [0.25, 0.3) is 5.56 Å². The lowest BCUT2D eigenvalue weighted by atomic mass is 9.88. The predicted octanol–water partition coefficient (Wildman–Crippen LogP) is 2.29. The van der Waals surface area contributed by atoms with Gasteiger partial charge >= 0.3 is 6.18 Å². The van der Waals surface area contributed by atoms with Crippen molar-refractivity contribution in [3.63, 3.8) is 0 Å². The molecule has 1 N–H and O–H groups in total. The van der Waals surface area contributed by atoms with Crippen LogP contribution in [0.2, 0.25) is 0 Å². The molecule has 0 aliphatic carbocycles. The smallest absolute Gasteiger partial charge is 0.390 e. The number of nitrogens with zero attached hydrogens (tertiary/aromatic N) is 3. The fourth-order valence-corrected chi connectivity index (χ4v) is 5.91. The normalized spacial score (nSPS) is 26.6. The van der Waals surface area contributed by atoms with Crippen LogP contribution < -0.4 is 5.56 Å². The van der Waals surface area contributed by atoms with E-state index < -0.39 is 30.6 Å². The summed E-state index contributed by atoms with van der Waals surface area (Å²) in [6, 6.07) is 11.3. The molecular formula is C25H28F3N3O4. The Morgan fingerprint density at radius 3 is 2.46 bits per heavy atom. The van der Waals surface area contributed by atoms with Crippen molar-refractivity contribution < 1.29 is 27.8 Å². The molecule has 0 saturated carbocycles. The Hall–Kier alpha value is -2.69. The van der Waals surface area contributed by atoms with Gasteiger partial charge in [0, 0.05) is 55.9 Å². The van der Waals surface area contributed by atoms with Crippen LogP contribution >= 0.6 is 0 Å². The summed E-state index contributed by atoms with van der Waals surface area (Å²) < 4.78 is 46.7. The zero-order valence-electron chi connectivity index (χ0n) is 19.2. The van der Waals surface area contributed by atoms with E-state index in [4.69, 9.17) is 4.74 Å². The van der Waals surface area contributed by atoms with E-state index in [0.29, 0.717) is 37.6 Å². The summed E-state index contributed by atoms with van der Waals surface area (Å²) in [6.07, 6.45) is -5.47. The molecule has 1 aromatic heterocycles. The van der Waals surface area contributed by atoms with E-state index in [1.807, 2.05) is 30.3 Å². The number of hydrogen-bond donors (Lipinski definition) is 1. The highest BCUT2D eigenvalue weighted by molar-refractivity contribution is 5.83. The van der Waals surface area contributed by atoms with E-state index in [9.17, 15) is 27.9 Å². The van der Waals surface area contributed by atoms with E-state index in [1.165, 1.54) is 0 Å². The van der Waals surface area contributed by atoms with Crippen LogP contribution in [0.4, 0.5) is 13.2 Å². The molecule has 10 heteroatoms. The number of carbonyl (C=O) groups is 1. The van der Waals surface area contributed by atoms with Crippen LogP contribution in [-0.4, -0.2) is 77.1 Å². The van der Waals surface area contributed by atoms with Crippen molar-refractivity contribution in [2.75, 3.05) is 39.5 Å². The van der Waals surface area contributed by atoms with E-state index in [1.54, 1.807) is 26.5 Å². The van der Waals surface area contributed by atoms with Crippen molar-refractivity contribution in [3.8, 4) is 11.1 Å². The number of likely N-dealkylation sites (tertiary alicyclic amines) is 1. The fourth-order valence-electron chi connectivity index (χ4n) is 5.91. The molecular weight excluding hydrogens is 463 g/mol. The number of benzene rings is 1. The molecule has 2 fully saturated rings. The molecule has 3 aliphatic heterocycles. The number of rotatable bonds is 5.